The summed E-state index contributed by atoms with van der Waals surface area (Å²) < 4.78 is 0. The summed E-state index contributed by atoms with van der Waals surface area (Å²) in [5, 5.41) is 8.78. The molecule has 0 radical (unpaired) electrons. The molecule has 0 bridgehead atoms. The smallest absolute Gasteiger partial charge is 0.240 e. The van der Waals surface area contributed by atoms with Gasteiger partial charge in [-0.05, 0) is 18.8 Å². The number of allylic oxidation sites excluding steroid dienone is 1. The van der Waals surface area contributed by atoms with Crippen LogP contribution >= 0.6 is 0 Å². The second-order valence-electron chi connectivity index (χ2n) is 4.88. The van der Waals surface area contributed by atoms with Crippen LogP contribution < -0.4 is 21.7 Å². The third-order valence-electron chi connectivity index (χ3n) is 2.70. The van der Waals surface area contributed by atoms with Gasteiger partial charge in [0.15, 0.2) is 0 Å². The molecule has 1 aliphatic heterocycles. The lowest BCUT2D eigenvalue weighted by molar-refractivity contribution is -0.127. The minimum absolute atomic E-state index is 0.144. The molecule has 6 heteroatoms. The maximum atomic E-state index is 11.7. The van der Waals surface area contributed by atoms with Crippen molar-refractivity contribution in [2.75, 3.05) is 6.67 Å². The number of amides is 2. The average molecular weight is 254 g/mol. The van der Waals surface area contributed by atoms with E-state index in [2.05, 4.69) is 16.0 Å². The van der Waals surface area contributed by atoms with Crippen LogP contribution in [0.25, 0.3) is 0 Å². The van der Waals surface area contributed by atoms with Crippen LogP contribution in [0.2, 0.25) is 0 Å². The minimum atomic E-state index is -0.568. The van der Waals surface area contributed by atoms with Crippen LogP contribution in [0.1, 0.15) is 33.1 Å². The van der Waals surface area contributed by atoms with E-state index in [9.17, 15) is 9.59 Å². The third kappa shape index (κ3) is 5.07. The molecule has 0 spiro atoms. The van der Waals surface area contributed by atoms with E-state index < -0.39 is 11.9 Å². The summed E-state index contributed by atoms with van der Waals surface area (Å²) in [6.45, 7) is 4.68. The normalized spacial score (nSPS) is 15.6. The van der Waals surface area contributed by atoms with E-state index in [-0.39, 0.29) is 5.91 Å². The van der Waals surface area contributed by atoms with Crippen molar-refractivity contribution in [3.8, 4) is 0 Å². The van der Waals surface area contributed by atoms with Crippen molar-refractivity contribution in [1.82, 2.24) is 16.0 Å². The first-order chi connectivity index (χ1) is 8.49. The zero-order valence-corrected chi connectivity index (χ0v) is 11.0. The van der Waals surface area contributed by atoms with E-state index in [1.807, 2.05) is 20.0 Å². The summed E-state index contributed by atoms with van der Waals surface area (Å²) >= 11 is 0. The van der Waals surface area contributed by atoms with Crippen molar-refractivity contribution in [3.63, 3.8) is 0 Å². The number of carbonyl (C=O) groups excluding carboxylic acids is 2. The summed E-state index contributed by atoms with van der Waals surface area (Å²) in [6, 6.07) is -0.568. The summed E-state index contributed by atoms with van der Waals surface area (Å²) in [6.07, 6.45) is 3.41. The molecule has 0 fully saturated rings. The Balaban J connectivity index is 2.33. The molecule has 0 saturated carbocycles. The molecule has 0 unspecified atom stereocenters. The van der Waals surface area contributed by atoms with Gasteiger partial charge in [0.1, 0.15) is 6.04 Å². The molecular weight excluding hydrogens is 232 g/mol. The lowest BCUT2D eigenvalue weighted by Crippen LogP contribution is -2.45. The summed E-state index contributed by atoms with van der Waals surface area (Å²) in [4.78, 5) is 22.9. The molecule has 0 aliphatic carbocycles. The Morgan fingerprint density at radius 3 is 2.72 bits per heavy atom. The molecular formula is C12H22N4O2. The Morgan fingerprint density at radius 2 is 2.22 bits per heavy atom. The molecule has 5 N–H and O–H groups in total. The highest BCUT2D eigenvalue weighted by atomic mass is 16.2. The molecule has 6 nitrogen and oxygen atoms in total. The van der Waals surface area contributed by atoms with E-state index in [0.717, 1.165) is 5.70 Å². The Hall–Kier alpha value is -1.72. The van der Waals surface area contributed by atoms with Crippen molar-refractivity contribution < 1.29 is 9.59 Å². The van der Waals surface area contributed by atoms with Gasteiger partial charge in [-0.15, -0.1) is 0 Å². The summed E-state index contributed by atoms with van der Waals surface area (Å²) in [5.41, 5.74) is 6.27. The lowest BCUT2D eigenvalue weighted by Gasteiger charge is -2.17. The van der Waals surface area contributed by atoms with Crippen LogP contribution in [0.15, 0.2) is 11.9 Å². The zero-order valence-electron chi connectivity index (χ0n) is 11.0. The molecule has 0 aromatic carbocycles. The van der Waals surface area contributed by atoms with Gasteiger partial charge in [0.2, 0.25) is 11.8 Å². The van der Waals surface area contributed by atoms with Crippen LogP contribution in [-0.2, 0) is 9.59 Å². The van der Waals surface area contributed by atoms with Gasteiger partial charge in [-0.3, -0.25) is 9.59 Å². The van der Waals surface area contributed by atoms with Crippen molar-refractivity contribution in [2.24, 2.45) is 11.7 Å². The first kappa shape index (κ1) is 14.3. The zero-order chi connectivity index (χ0) is 13.5. The average Bonchev–Trinajstić information content (AvgIpc) is 2.77. The third-order valence-corrected chi connectivity index (χ3v) is 2.70. The van der Waals surface area contributed by atoms with Gasteiger partial charge < -0.3 is 21.7 Å². The van der Waals surface area contributed by atoms with Crippen LogP contribution in [-0.4, -0.2) is 24.5 Å². The predicted molar refractivity (Wildman–Crippen MR) is 69.0 cm³/mol. The summed E-state index contributed by atoms with van der Waals surface area (Å²) in [5.74, 6) is -0.308. The van der Waals surface area contributed by atoms with Crippen LogP contribution in [0.4, 0.5) is 0 Å². The molecule has 0 aromatic rings. The highest BCUT2D eigenvalue weighted by Crippen LogP contribution is 2.06. The number of carbonyl (C=O) groups is 2. The quantitative estimate of drug-likeness (QED) is 0.505. The first-order valence-electron chi connectivity index (χ1n) is 6.24. The van der Waals surface area contributed by atoms with Crippen LogP contribution in [0.5, 0.6) is 0 Å². The number of hydrogen-bond donors (Lipinski definition) is 4. The van der Waals surface area contributed by atoms with Crippen LogP contribution in [0.3, 0.4) is 0 Å². The Kier molecular flexibility index (Phi) is 5.48. The maximum absolute atomic E-state index is 11.7. The molecule has 0 aromatic heterocycles. The second kappa shape index (κ2) is 6.88. The number of hydrogen-bond acceptors (Lipinski definition) is 4. The molecule has 102 valence electrons. The van der Waals surface area contributed by atoms with E-state index in [0.29, 0.717) is 31.8 Å². The SMILES string of the molecule is CC(C)C[C@H](NC(=O)CCC1=CNCN1)C(N)=O. The Bertz CT molecular complexity index is 339. The fraction of sp³-hybridized carbons (Fsp3) is 0.667. The van der Waals surface area contributed by atoms with Gasteiger partial charge in [0.25, 0.3) is 0 Å². The van der Waals surface area contributed by atoms with E-state index in [1.54, 1.807) is 0 Å². The Labute approximate surface area is 107 Å². The van der Waals surface area contributed by atoms with Crippen molar-refractivity contribution in [1.29, 1.82) is 0 Å². The molecule has 1 heterocycles. The van der Waals surface area contributed by atoms with Crippen molar-refractivity contribution in [2.45, 2.75) is 39.2 Å². The molecule has 1 aliphatic rings. The summed E-state index contributed by atoms with van der Waals surface area (Å²) in [7, 11) is 0. The van der Waals surface area contributed by atoms with Gasteiger partial charge in [-0.25, -0.2) is 0 Å². The van der Waals surface area contributed by atoms with Crippen molar-refractivity contribution >= 4 is 11.8 Å². The highest BCUT2D eigenvalue weighted by molar-refractivity contribution is 5.86. The first-order valence-corrected chi connectivity index (χ1v) is 6.24. The maximum Gasteiger partial charge on any atom is 0.240 e. The molecule has 18 heavy (non-hydrogen) atoms. The standard InChI is InChI=1S/C12H22N4O2/c1-8(2)5-10(12(13)18)16-11(17)4-3-9-6-14-7-15-9/h6,8,10,14-15H,3-5,7H2,1-2H3,(H2,13,18)(H,16,17)/t10-/m0/s1. The number of rotatable bonds is 7. The van der Waals surface area contributed by atoms with E-state index >= 15 is 0 Å². The topological polar surface area (TPSA) is 96.2 Å². The largest absolute Gasteiger partial charge is 0.372 e. The number of nitrogens with one attached hydrogen (secondary N) is 3. The molecule has 0 saturated heterocycles. The second-order valence-corrected chi connectivity index (χ2v) is 4.88. The van der Waals surface area contributed by atoms with Gasteiger partial charge in [-0.2, -0.15) is 0 Å². The van der Waals surface area contributed by atoms with Gasteiger partial charge in [0.05, 0.1) is 6.67 Å². The highest BCUT2D eigenvalue weighted by Gasteiger charge is 2.19. The molecule has 1 atom stereocenters. The number of primary amides is 1. The van der Waals surface area contributed by atoms with E-state index in [4.69, 9.17) is 5.73 Å². The monoisotopic (exact) mass is 254 g/mol. The minimum Gasteiger partial charge on any atom is -0.372 e. The van der Waals surface area contributed by atoms with Crippen LogP contribution in [0, 0.1) is 5.92 Å². The van der Waals surface area contributed by atoms with Gasteiger partial charge in [0, 0.05) is 18.3 Å². The van der Waals surface area contributed by atoms with Crippen molar-refractivity contribution in [3.05, 3.63) is 11.9 Å². The fourth-order valence-electron chi connectivity index (χ4n) is 1.78. The predicted octanol–water partition coefficient (Wildman–Crippen LogP) is -0.225. The molecule has 1 rings (SSSR count). The van der Waals surface area contributed by atoms with Gasteiger partial charge in [-0.1, -0.05) is 13.8 Å². The lowest BCUT2D eigenvalue weighted by atomic mass is 10.0. The number of nitrogens with two attached hydrogens (primary N) is 1. The van der Waals surface area contributed by atoms with Gasteiger partial charge >= 0.3 is 0 Å². The Morgan fingerprint density at radius 1 is 1.50 bits per heavy atom. The van der Waals surface area contributed by atoms with E-state index in [1.165, 1.54) is 0 Å². The molecule has 2 amide bonds. The fourth-order valence-corrected chi connectivity index (χ4v) is 1.78.